The van der Waals surface area contributed by atoms with Crippen molar-refractivity contribution < 1.29 is 35.5 Å². The van der Waals surface area contributed by atoms with Gasteiger partial charge >= 0.3 is 12.1 Å². The number of ether oxygens (including phenoxy) is 1. The molecule has 1 aliphatic heterocycles. The normalized spacial score (nSPS) is 17.5. The van der Waals surface area contributed by atoms with E-state index in [-0.39, 0.29) is 15.8 Å². The van der Waals surface area contributed by atoms with Crippen molar-refractivity contribution in [3.63, 3.8) is 0 Å². The summed E-state index contributed by atoms with van der Waals surface area (Å²) in [6.07, 6.45) is -4.79. The van der Waals surface area contributed by atoms with Gasteiger partial charge in [-0.15, -0.1) is 0 Å². The minimum absolute atomic E-state index is 0.0242. The highest BCUT2D eigenvalue weighted by Crippen LogP contribution is 2.47. The third-order valence-electron chi connectivity index (χ3n) is 3.11. The molecule has 1 aromatic rings. The van der Waals surface area contributed by atoms with E-state index >= 15 is 0 Å². The van der Waals surface area contributed by atoms with Crippen LogP contribution in [0.4, 0.5) is 30.7 Å². The average Bonchev–Trinajstić information content (AvgIpc) is 2.45. The molecule has 0 saturated carbocycles. The molecule has 0 fully saturated rings. The Morgan fingerprint density at radius 1 is 1.05 bits per heavy atom. The third kappa shape index (κ3) is 2.70. The Balaban J connectivity index is 2.51. The maximum absolute atomic E-state index is 13.3. The van der Waals surface area contributed by atoms with E-state index in [1.54, 1.807) is 0 Å². The Morgan fingerprint density at radius 2 is 1.64 bits per heavy atom. The van der Waals surface area contributed by atoms with Gasteiger partial charge in [-0.3, -0.25) is 0 Å². The van der Waals surface area contributed by atoms with Crippen molar-refractivity contribution >= 4 is 20.4 Å². The maximum Gasteiger partial charge on any atom is 0.458 e. The lowest BCUT2D eigenvalue weighted by Crippen LogP contribution is -2.41. The quantitative estimate of drug-likeness (QED) is 0.646. The van der Waals surface area contributed by atoms with Gasteiger partial charge in [-0.25, -0.2) is 8.78 Å². The predicted octanol–water partition coefficient (Wildman–Crippen LogP) is 5.15. The van der Waals surface area contributed by atoms with E-state index in [1.165, 1.54) is 0 Å². The summed E-state index contributed by atoms with van der Waals surface area (Å²) in [5.41, 5.74) is -3.35. The molecule has 0 unspecified atom stereocenters. The first-order valence-electron chi connectivity index (χ1n) is 5.85. The van der Waals surface area contributed by atoms with Crippen molar-refractivity contribution in [1.82, 2.24) is 0 Å². The second-order valence-electron chi connectivity index (χ2n) is 4.71. The maximum atomic E-state index is 13.3. The highest BCUT2D eigenvalue weighted by molar-refractivity contribution is 9.15. The van der Waals surface area contributed by atoms with Gasteiger partial charge in [0, 0.05) is 15.6 Å². The molecule has 0 N–H and O–H groups in total. The van der Waals surface area contributed by atoms with E-state index in [0.717, 1.165) is 12.1 Å². The van der Waals surface area contributed by atoms with Gasteiger partial charge in [0.25, 0.3) is 0 Å². The van der Waals surface area contributed by atoms with E-state index in [9.17, 15) is 30.7 Å². The highest BCUT2D eigenvalue weighted by Gasteiger charge is 2.58. The van der Waals surface area contributed by atoms with Crippen molar-refractivity contribution in [3.8, 4) is 5.75 Å². The summed E-state index contributed by atoms with van der Waals surface area (Å²) < 4.78 is 94.7. The van der Waals surface area contributed by atoms with E-state index in [0.29, 0.717) is 12.1 Å². The summed E-state index contributed by atoms with van der Waals surface area (Å²) in [6, 6.07) is 1.92. The topological polar surface area (TPSA) is 9.23 Å². The van der Waals surface area contributed by atoms with Gasteiger partial charge in [0.1, 0.15) is 19.1 Å². The molecule has 0 amide bonds. The van der Waals surface area contributed by atoms with Gasteiger partial charge in [0.2, 0.25) is 0 Å². The van der Waals surface area contributed by atoms with Crippen LogP contribution in [0.3, 0.4) is 0 Å². The zero-order valence-electron chi connectivity index (χ0n) is 10.7. The first kappa shape index (κ1) is 17.1. The smallest absolute Gasteiger partial charge is 0.458 e. The van der Waals surface area contributed by atoms with Gasteiger partial charge in [-0.2, -0.15) is 22.0 Å². The van der Waals surface area contributed by atoms with Gasteiger partial charge in [0.15, 0.2) is 5.60 Å². The van der Waals surface area contributed by atoms with Crippen LogP contribution in [0, 0.1) is 0 Å². The van der Waals surface area contributed by atoms with Crippen molar-refractivity contribution in [1.29, 1.82) is 0 Å². The first-order valence-corrected chi connectivity index (χ1v) is 6.64. The molecule has 9 heteroatoms. The molecule has 1 aromatic carbocycles. The Labute approximate surface area is 128 Å². The standard InChI is InChI=1S/C13H8BrF7O/c14-9-4-11(5-15,6-16)22-10-2-1-7(3-8(9)10)12(17,18)13(19,20)21/h1-4H,5-6H2. The molecule has 0 aromatic heterocycles. The summed E-state index contributed by atoms with van der Waals surface area (Å²) in [6.45, 7) is -2.45. The second-order valence-corrected chi connectivity index (χ2v) is 5.56. The van der Waals surface area contributed by atoms with Crippen LogP contribution in [0.1, 0.15) is 11.1 Å². The molecule has 0 atom stereocenters. The third-order valence-corrected chi connectivity index (χ3v) is 3.77. The van der Waals surface area contributed by atoms with Crippen molar-refractivity contribution in [2.24, 2.45) is 0 Å². The van der Waals surface area contributed by atoms with Crippen LogP contribution in [0.2, 0.25) is 0 Å². The molecule has 1 nitrogen and oxygen atoms in total. The lowest BCUT2D eigenvalue weighted by molar-refractivity contribution is -0.289. The Morgan fingerprint density at radius 3 is 2.14 bits per heavy atom. The van der Waals surface area contributed by atoms with Crippen LogP contribution in [-0.2, 0) is 5.92 Å². The van der Waals surface area contributed by atoms with Gasteiger partial charge in [0.05, 0.1) is 0 Å². The van der Waals surface area contributed by atoms with Gasteiger partial charge < -0.3 is 4.74 Å². The van der Waals surface area contributed by atoms with Crippen LogP contribution >= 0.6 is 15.9 Å². The van der Waals surface area contributed by atoms with Crippen LogP contribution in [0.25, 0.3) is 4.48 Å². The fourth-order valence-electron chi connectivity index (χ4n) is 1.89. The zero-order chi connectivity index (χ0) is 16.8. The minimum Gasteiger partial charge on any atom is -0.477 e. The van der Waals surface area contributed by atoms with Gasteiger partial charge in [-0.05, 0) is 24.3 Å². The Hall–Kier alpha value is -1.25. The molecule has 1 heterocycles. The average molecular weight is 393 g/mol. The molecule has 122 valence electrons. The molecule has 1 aliphatic rings. The van der Waals surface area contributed by atoms with Crippen LogP contribution in [-0.4, -0.2) is 25.1 Å². The number of halogens is 8. The lowest BCUT2D eigenvalue weighted by Gasteiger charge is -2.32. The minimum atomic E-state index is -5.76. The van der Waals surface area contributed by atoms with E-state index in [2.05, 4.69) is 15.9 Å². The number of hydrogen-bond donors (Lipinski definition) is 0. The zero-order valence-corrected chi connectivity index (χ0v) is 12.2. The highest BCUT2D eigenvalue weighted by atomic mass is 79.9. The van der Waals surface area contributed by atoms with E-state index in [4.69, 9.17) is 4.74 Å². The Kier molecular flexibility index (Phi) is 4.23. The number of alkyl halides is 7. The molecule has 0 saturated heterocycles. The SMILES string of the molecule is FCC1(CF)C=C(Br)c2cc(C(F)(F)C(F)(F)F)ccc2O1. The Bertz CT molecular complexity index is 605. The number of hydrogen-bond acceptors (Lipinski definition) is 1. The van der Waals surface area contributed by atoms with Gasteiger partial charge in [-0.1, -0.05) is 15.9 Å². The van der Waals surface area contributed by atoms with Crippen LogP contribution in [0.15, 0.2) is 24.3 Å². The van der Waals surface area contributed by atoms with Crippen molar-refractivity contribution in [2.45, 2.75) is 17.7 Å². The summed E-state index contributed by atoms with van der Waals surface area (Å²) in [4.78, 5) is 0. The summed E-state index contributed by atoms with van der Waals surface area (Å²) in [5, 5.41) is 0. The molecule has 0 bridgehead atoms. The summed E-state index contributed by atoms with van der Waals surface area (Å²) >= 11 is 2.92. The first-order chi connectivity index (χ1) is 10.1. The van der Waals surface area contributed by atoms with Crippen LogP contribution < -0.4 is 4.74 Å². The summed E-state index contributed by atoms with van der Waals surface area (Å²) in [7, 11) is 0. The number of benzene rings is 1. The lowest BCUT2D eigenvalue weighted by atomic mass is 9.97. The fraction of sp³-hybridized carbons (Fsp3) is 0.385. The van der Waals surface area contributed by atoms with Crippen LogP contribution in [0.5, 0.6) is 5.75 Å². The molecule has 0 aliphatic carbocycles. The molecule has 22 heavy (non-hydrogen) atoms. The second kappa shape index (κ2) is 5.43. The molecular weight excluding hydrogens is 385 g/mol. The molecule has 2 rings (SSSR count). The fourth-order valence-corrected chi connectivity index (χ4v) is 2.62. The van der Waals surface area contributed by atoms with E-state index < -0.39 is 36.6 Å². The summed E-state index contributed by atoms with van der Waals surface area (Å²) in [5.74, 6) is -5.24. The molecule has 0 spiro atoms. The number of fused-ring (bicyclic) bond motifs is 1. The van der Waals surface area contributed by atoms with Crippen molar-refractivity contribution in [2.75, 3.05) is 13.3 Å². The largest absolute Gasteiger partial charge is 0.477 e. The predicted molar refractivity (Wildman–Crippen MR) is 68.6 cm³/mol. The number of rotatable bonds is 3. The molecular formula is C13H8BrF7O. The monoisotopic (exact) mass is 392 g/mol. The van der Waals surface area contributed by atoms with Crippen molar-refractivity contribution in [3.05, 3.63) is 35.4 Å². The molecule has 0 radical (unpaired) electrons. The van der Waals surface area contributed by atoms with E-state index in [1.807, 2.05) is 0 Å².